The van der Waals surface area contributed by atoms with Gasteiger partial charge in [0.15, 0.2) is 0 Å². The van der Waals surface area contributed by atoms with Gasteiger partial charge in [0.1, 0.15) is 0 Å². The molecular formula is C10H6F6. The molecule has 0 aliphatic carbocycles. The molecule has 88 valence electrons. The number of hydrogen-bond donors (Lipinski definition) is 0. The SMILES string of the molecule is FC(F)(F)C=C(c1ccccc1)C(F)(F)F. The van der Waals surface area contributed by atoms with Gasteiger partial charge in [-0.25, -0.2) is 0 Å². The summed E-state index contributed by atoms with van der Waals surface area (Å²) in [5, 5.41) is 0. The Morgan fingerprint density at radius 2 is 1.38 bits per heavy atom. The highest BCUT2D eigenvalue weighted by Crippen LogP contribution is 2.36. The van der Waals surface area contributed by atoms with Crippen LogP contribution < -0.4 is 0 Å². The van der Waals surface area contributed by atoms with Crippen LogP contribution in [-0.4, -0.2) is 12.4 Å². The van der Waals surface area contributed by atoms with Gasteiger partial charge in [0.2, 0.25) is 0 Å². The minimum absolute atomic E-state index is 0.507. The molecule has 1 aromatic rings. The second-order valence-electron chi connectivity index (χ2n) is 2.96. The maximum absolute atomic E-state index is 12.4. The van der Waals surface area contributed by atoms with Gasteiger partial charge in [-0.3, -0.25) is 0 Å². The van der Waals surface area contributed by atoms with E-state index in [9.17, 15) is 26.3 Å². The van der Waals surface area contributed by atoms with Gasteiger partial charge in [0.25, 0.3) is 0 Å². The molecule has 1 rings (SSSR count). The van der Waals surface area contributed by atoms with Crippen LogP contribution in [0.15, 0.2) is 36.4 Å². The molecule has 6 heteroatoms. The van der Waals surface area contributed by atoms with Crippen molar-refractivity contribution in [2.75, 3.05) is 0 Å². The minimum Gasteiger partial charge on any atom is -0.167 e. The summed E-state index contributed by atoms with van der Waals surface area (Å²) in [6.07, 6.45) is -10.8. The van der Waals surface area contributed by atoms with E-state index in [4.69, 9.17) is 0 Å². The van der Waals surface area contributed by atoms with Crippen LogP contribution >= 0.6 is 0 Å². The molecule has 0 radical (unpaired) electrons. The third-order valence-corrected chi connectivity index (χ3v) is 1.70. The molecule has 0 aliphatic rings. The molecule has 0 bridgehead atoms. The molecule has 0 aliphatic heterocycles. The maximum atomic E-state index is 12.4. The zero-order valence-electron chi connectivity index (χ0n) is 7.73. The number of benzene rings is 1. The van der Waals surface area contributed by atoms with Crippen LogP contribution in [0.3, 0.4) is 0 Å². The van der Waals surface area contributed by atoms with E-state index in [1.807, 2.05) is 0 Å². The highest BCUT2D eigenvalue weighted by molar-refractivity contribution is 5.70. The zero-order valence-corrected chi connectivity index (χ0v) is 7.73. The van der Waals surface area contributed by atoms with Crippen LogP contribution in [0.2, 0.25) is 0 Å². The van der Waals surface area contributed by atoms with Crippen molar-refractivity contribution in [1.82, 2.24) is 0 Å². The van der Waals surface area contributed by atoms with E-state index in [1.165, 1.54) is 18.2 Å². The second-order valence-corrected chi connectivity index (χ2v) is 2.96. The maximum Gasteiger partial charge on any atom is 0.417 e. The summed E-state index contributed by atoms with van der Waals surface area (Å²) in [6, 6.07) is 5.86. The first kappa shape index (κ1) is 12.6. The molecule has 0 heterocycles. The van der Waals surface area contributed by atoms with E-state index >= 15 is 0 Å². The number of hydrogen-bond acceptors (Lipinski definition) is 0. The lowest BCUT2D eigenvalue weighted by atomic mass is 10.1. The Hall–Kier alpha value is -1.46. The molecule has 16 heavy (non-hydrogen) atoms. The van der Waals surface area contributed by atoms with Crippen molar-refractivity contribution in [3.63, 3.8) is 0 Å². The average Bonchev–Trinajstić information content (AvgIpc) is 2.13. The molecule has 0 nitrogen and oxygen atoms in total. The number of alkyl halides is 6. The van der Waals surface area contributed by atoms with Crippen LogP contribution in [0.1, 0.15) is 5.56 Å². The van der Waals surface area contributed by atoms with Crippen molar-refractivity contribution in [3.8, 4) is 0 Å². The fourth-order valence-corrected chi connectivity index (χ4v) is 1.11. The summed E-state index contributed by atoms with van der Waals surface area (Å²) in [5.74, 6) is 0. The molecule has 0 N–H and O–H groups in total. The average molecular weight is 240 g/mol. The number of rotatable bonds is 1. The van der Waals surface area contributed by atoms with Crippen LogP contribution in [0.4, 0.5) is 26.3 Å². The lowest BCUT2D eigenvalue weighted by Crippen LogP contribution is -2.15. The first-order valence-electron chi connectivity index (χ1n) is 4.12. The highest BCUT2D eigenvalue weighted by atomic mass is 19.4. The quantitative estimate of drug-likeness (QED) is 0.645. The van der Waals surface area contributed by atoms with Gasteiger partial charge in [0, 0.05) is 6.08 Å². The predicted octanol–water partition coefficient (Wildman–Crippen LogP) is 4.19. The van der Waals surface area contributed by atoms with Crippen molar-refractivity contribution < 1.29 is 26.3 Å². The minimum atomic E-state index is -5.03. The van der Waals surface area contributed by atoms with E-state index in [0.29, 0.717) is 0 Å². The summed E-state index contributed by atoms with van der Waals surface area (Å²) in [7, 11) is 0. The smallest absolute Gasteiger partial charge is 0.167 e. The Morgan fingerprint density at radius 3 is 1.75 bits per heavy atom. The van der Waals surface area contributed by atoms with Crippen LogP contribution in [0, 0.1) is 0 Å². The highest BCUT2D eigenvalue weighted by Gasteiger charge is 2.39. The first-order chi connectivity index (χ1) is 7.20. The molecule has 1 aromatic carbocycles. The van der Waals surface area contributed by atoms with E-state index < -0.39 is 29.6 Å². The molecule has 0 saturated heterocycles. The normalized spacial score (nSPS) is 14.0. The monoisotopic (exact) mass is 240 g/mol. The molecule has 0 atom stereocenters. The third kappa shape index (κ3) is 3.60. The van der Waals surface area contributed by atoms with Crippen LogP contribution in [0.25, 0.3) is 5.57 Å². The summed E-state index contributed by atoms with van der Waals surface area (Å²) >= 11 is 0. The molecular weight excluding hydrogens is 234 g/mol. The molecule has 0 spiro atoms. The van der Waals surface area contributed by atoms with E-state index in [1.54, 1.807) is 0 Å². The fraction of sp³-hybridized carbons (Fsp3) is 0.200. The van der Waals surface area contributed by atoms with Crippen molar-refractivity contribution in [1.29, 1.82) is 0 Å². The summed E-state index contributed by atoms with van der Waals surface area (Å²) in [6.45, 7) is 0. The first-order valence-corrected chi connectivity index (χ1v) is 4.12. The second kappa shape index (κ2) is 4.19. The van der Waals surface area contributed by atoms with Crippen molar-refractivity contribution in [2.24, 2.45) is 0 Å². The van der Waals surface area contributed by atoms with Gasteiger partial charge in [0.05, 0.1) is 5.57 Å². The van der Waals surface area contributed by atoms with Crippen molar-refractivity contribution in [3.05, 3.63) is 42.0 Å². The topological polar surface area (TPSA) is 0 Å². The van der Waals surface area contributed by atoms with E-state index in [2.05, 4.69) is 0 Å². The van der Waals surface area contributed by atoms with Gasteiger partial charge >= 0.3 is 12.4 Å². The largest absolute Gasteiger partial charge is 0.417 e. The molecule has 0 amide bonds. The summed E-state index contributed by atoms with van der Waals surface area (Å²) < 4.78 is 72.9. The number of halogens is 6. The molecule has 0 aromatic heterocycles. The Bertz CT molecular complexity index is 371. The fourth-order valence-electron chi connectivity index (χ4n) is 1.11. The van der Waals surface area contributed by atoms with Gasteiger partial charge in [-0.05, 0) is 5.56 Å². The van der Waals surface area contributed by atoms with Gasteiger partial charge in [-0.1, -0.05) is 30.3 Å². The van der Waals surface area contributed by atoms with Crippen molar-refractivity contribution in [2.45, 2.75) is 12.4 Å². The zero-order chi connectivity index (χ0) is 12.4. The van der Waals surface area contributed by atoms with Crippen LogP contribution in [0.5, 0.6) is 0 Å². The third-order valence-electron chi connectivity index (χ3n) is 1.70. The van der Waals surface area contributed by atoms with E-state index in [-0.39, 0.29) is 0 Å². The van der Waals surface area contributed by atoms with Gasteiger partial charge < -0.3 is 0 Å². The Kier molecular flexibility index (Phi) is 3.30. The Balaban J connectivity index is 3.24. The van der Waals surface area contributed by atoms with Gasteiger partial charge in [-0.2, -0.15) is 26.3 Å². The Labute approximate surface area is 87.2 Å². The lowest BCUT2D eigenvalue weighted by molar-refractivity contribution is -0.0911. The number of allylic oxidation sites excluding steroid dienone is 2. The van der Waals surface area contributed by atoms with E-state index in [0.717, 1.165) is 12.1 Å². The Morgan fingerprint density at radius 1 is 0.875 bits per heavy atom. The van der Waals surface area contributed by atoms with Gasteiger partial charge in [-0.15, -0.1) is 0 Å². The standard InChI is InChI=1S/C10H6F6/c11-9(12,13)6-8(10(14,15)16)7-4-2-1-3-5-7/h1-6H. The summed E-state index contributed by atoms with van der Waals surface area (Å²) in [4.78, 5) is 0. The molecule has 0 fully saturated rings. The predicted molar refractivity (Wildman–Crippen MR) is 46.5 cm³/mol. The molecule has 0 unspecified atom stereocenters. The lowest BCUT2D eigenvalue weighted by Gasteiger charge is -2.13. The van der Waals surface area contributed by atoms with Crippen LogP contribution in [-0.2, 0) is 0 Å². The molecule has 0 saturated carbocycles. The van der Waals surface area contributed by atoms with Crippen molar-refractivity contribution >= 4 is 5.57 Å². The summed E-state index contributed by atoms with van der Waals surface area (Å²) in [5.41, 5.74) is -2.20.